The highest BCUT2D eigenvalue weighted by molar-refractivity contribution is 6.18. The summed E-state index contributed by atoms with van der Waals surface area (Å²) in [7, 11) is 0. The first-order chi connectivity index (χ1) is 7.93. The Morgan fingerprint density at radius 2 is 1.56 bits per heavy atom. The molecule has 0 unspecified atom stereocenters. The Balaban J connectivity index is 2.38. The Morgan fingerprint density at radius 3 is 2.50 bits per heavy atom. The van der Waals surface area contributed by atoms with Gasteiger partial charge in [0.2, 0.25) is 5.71 Å². The predicted molar refractivity (Wildman–Crippen MR) is 65.6 cm³/mol. The van der Waals surface area contributed by atoms with Gasteiger partial charge in [0, 0.05) is 16.3 Å². The van der Waals surface area contributed by atoms with Gasteiger partial charge in [0.15, 0.2) is 0 Å². The fourth-order valence-corrected chi connectivity index (χ4v) is 2.33. The standard InChI is InChI=1S/C14H9NO/c1-3-7-11-9(5-1)13-10-6-2-4-8-12(10)16-14(13)15-11/h1-8,15H. The molecule has 0 amide bonds. The number of nitrogens with one attached hydrogen (secondary N) is 1. The number of hydrogen-bond acceptors (Lipinski definition) is 1. The molecule has 0 radical (unpaired) electrons. The van der Waals surface area contributed by atoms with E-state index in [0.717, 1.165) is 16.8 Å². The summed E-state index contributed by atoms with van der Waals surface area (Å²) < 4.78 is 5.78. The van der Waals surface area contributed by atoms with Gasteiger partial charge in [-0.3, -0.25) is 0 Å². The average molecular weight is 207 g/mol. The van der Waals surface area contributed by atoms with Gasteiger partial charge in [-0.15, -0.1) is 0 Å². The van der Waals surface area contributed by atoms with Gasteiger partial charge in [-0.1, -0.05) is 36.4 Å². The largest absolute Gasteiger partial charge is 0.440 e. The molecule has 0 atom stereocenters. The average Bonchev–Trinajstić information content (AvgIpc) is 2.83. The van der Waals surface area contributed by atoms with E-state index in [1.54, 1.807) is 0 Å². The molecule has 4 aromatic rings. The van der Waals surface area contributed by atoms with Gasteiger partial charge in [0.05, 0.1) is 5.39 Å². The Labute approximate surface area is 91.5 Å². The van der Waals surface area contributed by atoms with E-state index in [2.05, 4.69) is 29.2 Å². The van der Waals surface area contributed by atoms with E-state index >= 15 is 0 Å². The number of aromatic amines is 1. The molecule has 76 valence electrons. The fraction of sp³-hybridized carbons (Fsp3) is 0. The van der Waals surface area contributed by atoms with Crippen LogP contribution >= 0.6 is 0 Å². The molecule has 0 saturated carbocycles. The first-order valence-electron chi connectivity index (χ1n) is 5.31. The molecule has 16 heavy (non-hydrogen) atoms. The van der Waals surface area contributed by atoms with Crippen molar-refractivity contribution in [2.75, 3.05) is 0 Å². The minimum absolute atomic E-state index is 0.863. The molecule has 0 aliphatic heterocycles. The molecule has 0 saturated heterocycles. The zero-order chi connectivity index (χ0) is 10.5. The molecule has 2 nitrogen and oxygen atoms in total. The monoisotopic (exact) mass is 207 g/mol. The van der Waals surface area contributed by atoms with Crippen molar-refractivity contribution in [3.63, 3.8) is 0 Å². The number of hydrogen-bond donors (Lipinski definition) is 1. The van der Waals surface area contributed by atoms with Gasteiger partial charge in [0.1, 0.15) is 5.58 Å². The van der Waals surface area contributed by atoms with Crippen molar-refractivity contribution in [3.05, 3.63) is 48.5 Å². The van der Waals surface area contributed by atoms with Crippen LogP contribution in [0.5, 0.6) is 0 Å². The molecule has 0 fully saturated rings. The van der Waals surface area contributed by atoms with E-state index in [-0.39, 0.29) is 0 Å². The van der Waals surface area contributed by atoms with Gasteiger partial charge in [0.25, 0.3) is 0 Å². The van der Waals surface area contributed by atoms with Crippen molar-refractivity contribution >= 4 is 33.0 Å². The third-order valence-corrected chi connectivity index (χ3v) is 3.04. The highest BCUT2D eigenvalue weighted by Gasteiger charge is 2.11. The summed E-state index contributed by atoms with van der Waals surface area (Å²) in [5.74, 6) is 0. The SMILES string of the molecule is c1ccc2c(c1)[nH]c1oc3ccccc3c12. The lowest BCUT2D eigenvalue weighted by Gasteiger charge is -1.89. The summed E-state index contributed by atoms with van der Waals surface area (Å²) in [6, 6.07) is 16.4. The quantitative estimate of drug-likeness (QED) is 0.462. The maximum Gasteiger partial charge on any atom is 0.206 e. The Bertz CT molecular complexity index is 742. The lowest BCUT2D eigenvalue weighted by atomic mass is 10.1. The topological polar surface area (TPSA) is 28.9 Å². The molecule has 0 bridgehead atoms. The van der Waals surface area contributed by atoms with Crippen LogP contribution in [0.15, 0.2) is 52.9 Å². The van der Waals surface area contributed by atoms with Gasteiger partial charge in [-0.05, 0) is 12.1 Å². The van der Waals surface area contributed by atoms with Crippen LogP contribution < -0.4 is 0 Å². The first-order valence-corrected chi connectivity index (χ1v) is 5.31. The minimum atomic E-state index is 0.863. The van der Waals surface area contributed by atoms with Crippen LogP contribution in [-0.2, 0) is 0 Å². The molecule has 1 N–H and O–H groups in total. The summed E-state index contributed by atoms with van der Waals surface area (Å²) in [6.45, 7) is 0. The van der Waals surface area contributed by atoms with Gasteiger partial charge >= 0.3 is 0 Å². The smallest absolute Gasteiger partial charge is 0.206 e. The van der Waals surface area contributed by atoms with Gasteiger partial charge in [-0.2, -0.15) is 0 Å². The summed E-state index contributed by atoms with van der Waals surface area (Å²) >= 11 is 0. The highest BCUT2D eigenvalue weighted by atomic mass is 16.3. The molecule has 2 aromatic heterocycles. The Hall–Kier alpha value is -2.22. The summed E-state index contributed by atoms with van der Waals surface area (Å²) in [5.41, 5.74) is 2.93. The number of fused-ring (bicyclic) bond motifs is 5. The number of rotatable bonds is 0. The molecule has 2 aromatic carbocycles. The lowest BCUT2D eigenvalue weighted by Crippen LogP contribution is -1.67. The van der Waals surface area contributed by atoms with Gasteiger partial charge in [-0.25, -0.2) is 0 Å². The molecule has 0 spiro atoms. The van der Waals surface area contributed by atoms with Crippen LogP contribution in [0.25, 0.3) is 33.0 Å². The van der Waals surface area contributed by atoms with Crippen LogP contribution in [0.4, 0.5) is 0 Å². The van der Waals surface area contributed by atoms with E-state index in [1.165, 1.54) is 16.2 Å². The zero-order valence-corrected chi connectivity index (χ0v) is 8.53. The predicted octanol–water partition coefficient (Wildman–Crippen LogP) is 4.07. The van der Waals surface area contributed by atoms with Crippen molar-refractivity contribution in [1.29, 1.82) is 0 Å². The number of para-hydroxylation sites is 2. The second-order valence-corrected chi connectivity index (χ2v) is 3.97. The third-order valence-electron chi connectivity index (χ3n) is 3.04. The zero-order valence-electron chi connectivity index (χ0n) is 8.53. The molecule has 2 heterocycles. The van der Waals surface area contributed by atoms with Crippen molar-refractivity contribution in [2.24, 2.45) is 0 Å². The second-order valence-electron chi connectivity index (χ2n) is 3.97. The number of furan rings is 1. The van der Waals surface area contributed by atoms with Crippen molar-refractivity contribution in [3.8, 4) is 0 Å². The minimum Gasteiger partial charge on any atom is -0.440 e. The summed E-state index contributed by atoms with van der Waals surface area (Å²) in [5, 5.41) is 3.59. The van der Waals surface area contributed by atoms with E-state index in [0.29, 0.717) is 0 Å². The van der Waals surface area contributed by atoms with Crippen molar-refractivity contribution in [2.45, 2.75) is 0 Å². The highest BCUT2D eigenvalue weighted by Crippen LogP contribution is 2.34. The van der Waals surface area contributed by atoms with Crippen molar-refractivity contribution in [1.82, 2.24) is 4.98 Å². The third kappa shape index (κ3) is 0.865. The second kappa shape index (κ2) is 2.67. The van der Waals surface area contributed by atoms with Crippen LogP contribution in [-0.4, -0.2) is 4.98 Å². The Kier molecular flexibility index (Phi) is 1.33. The molecule has 4 rings (SSSR count). The van der Waals surface area contributed by atoms with E-state index in [4.69, 9.17) is 4.42 Å². The van der Waals surface area contributed by atoms with Crippen LogP contribution in [0.1, 0.15) is 0 Å². The Morgan fingerprint density at radius 1 is 0.812 bits per heavy atom. The maximum absolute atomic E-state index is 5.78. The maximum atomic E-state index is 5.78. The lowest BCUT2D eigenvalue weighted by molar-refractivity contribution is 0.657. The van der Waals surface area contributed by atoms with E-state index in [9.17, 15) is 0 Å². The summed E-state index contributed by atoms with van der Waals surface area (Å²) in [4.78, 5) is 3.30. The normalized spacial score (nSPS) is 11.8. The fourth-order valence-electron chi connectivity index (χ4n) is 2.33. The molecule has 0 aliphatic carbocycles. The van der Waals surface area contributed by atoms with Crippen LogP contribution in [0.2, 0.25) is 0 Å². The molecular formula is C14H9NO. The van der Waals surface area contributed by atoms with E-state index in [1.807, 2.05) is 24.3 Å². The molecule has 0 aliphatic rings. The number of aromatic nitrogens is 1. The first kappa shape index (κ1) is 7.99. The summed E-state index contributed by atoms with van der Waals surface area (Å²) in [6.07, 6.45) is 0. The van der Waals surface area contributed by atoms with Crippen LogP contribution in [0.3, 0.4) is 0 Å². The molecule has 2 heteroatoms. The molecular weight excluding hydrogens is 198 g/mol. The van der Waals surface area contributed by atoms with Crippen molar-refractivity contribution < 1.29 is 4.42 Å². The van der Waals surface area contributed by atoms with Gasteiger partial charge < -0.3 is 9.40 Å². The van der Waals surface area contributed by atoms with Crippen LogP contribution in [0, 0.1) is 0 Å². The number of H-pyrrole nitrogens is 1. The van der Waals surface area contributed by atoms with E-state index < -0.39 is 0 Å². The number of benzene rings is 2.